The fraction of sp³-hybridized carbons (Fsp3) is 0.600. The summed E-state index contributed by atoms with van der Waals surface area (Å²) in [6.45, 7) is 0. The van der Waals surface area contributed by atoms with E-state index >= 15 is 0 Å². The first-order chi connectivity index (χ1) is 11.7. The standard InChI is InChI=1S/C20H24N2O2/c1-23-18-9-8-16(11-19(18)24-17-6-2-3-7-17)20(14-22)10-4-5-15(12-20)13-21/h8-9,11,15,17H,2-7,10,12H2,1H3. The maximum Gasteiger partial charge on any atom is 0.161 e. The van der Waals surface area contributed by atoms with E-state index in [1.165, 1.54) is 12.8 Å². The molecule has 2 atom stereocenters. The summed E-state index contributed by atoms with van der Waals surface area (Å²) in [5, 5.41) is 19.2. The highest BCUT2D eigenvalue weighted by molar-refractivity contribution is 5.47. The Kier molecular flexibility index (Phi) is 4.95. The minimum absolute atomic E-state index is 0.0419. The molecular formula is C20H24N2O2. The van der Waals surface area contributed by atoms with Crippen LogP contribution in [0.5, 0.6) is 11.5 Å². The molecule has 24 heavy (non-hydrogen) atoms. The van der Waals surface area contributed by atoms with Gasteiger partial charge in [-0.05, 0) is 62.6 Å². The van der Waals surface area contributed by atoms with Crippen LogP contribution in [-0.2, 0) is 5.41 Å². The molecular weight excluding hydrogens is 300 g/mol. The monoisotopic (exact) mass is 324 g/mol. The van der Waals surface area contributed by atoms with Gasteiger partial charge in [-0.25, -0.2) is 0 Å². The number of nitriles is 2. The second kappa shape index (κ2) is 7.14. The summed E-state index contributed by atoms with van der Waals surface area (Å²) >= 11 is 0. The number of rotatable bonds is 4. The summed E-state index contributed by atoms with van der Waals surface area (Å²) < 4.78 is 11.6. The average molecular weight is 324 g/mol. The minimum atomic E-state index is -0.585. The first-order valence-electron chi connectivity index (χ1n) is 8.87. The highest BCUT2D eigenvalue weighted by Gasteiger charge is 2.39. The lowest BCUT2D eigenvalue weighted by Crippen LogP contribution is -2.31. The van der Waals surface area contributed by atoms with Crippen LogP contribution in [0.25, 0.3) is 0 Å². The van der Waals surface area contributed by atoms with Gasteiger partial charge in [-0.2, -0.15) is 10.5 Å². The zero-order valence-electron chi connectivity index (χ0n) is 14.3. The molecule has 0 bridgehead atoms. The highest BCUT2D eigenvalue weighted by Crippen LogP contribution is 2.44. The smallest absolute Gasteiger partial charge is 0.161 e. The molecule has 2 aliphatic carbocycles. The van der Waals surface area contributed by atoms with Crippen LogP contribution >= 0.6 is 0 Å². The lowest BCUT2D eigenvalue weighted by atomic mass is 9.67. The summed E-state index contributed by atoms with van der Waals surface area (Å²) in [5.41, 5.74) is 0.373. The van der Waals surface area contributed by atoms with E-state index in [4.69, 9.17) is 9.47 Å². The van der Waals surface area contributed by atoms with Gasteiger partial charge in [0.1, 0.15) is 0 Å². The fourth-order valence-electron chi connectivity index (χ4n) is 4.07. The van der Waals surface area contributed by atoms with Gasteiger partial charge < -0.3 is 9.47 Å². The van der Waals surface area contributed by atoms with Gasteiger partial charge in [0, 0.05) is 5.92 Å². The normalized spacial score (nSPS) is 27.2. The van der Waals surface area contributed by atoms with Crippen LogP contribution in [0, 0.1) is 28.6 Å². The number of benzene rings is 1. The summed E-state index contributed by atoms with van der Waals surface area (Å²) in [4.78, 5) is 0. The molecule has 0 aliphatic heterocycles. The van der Waals surface area contributed by atoms with Gasteiger partial charge in [0.2, 0.25) is 0 Å². The predicted octanol–water partition coefficient (Wildman–Crippen LogP) is 4.49. The third-order valence-electron chi connectivity index (χ3n) is 5.46. The zero-order chi connectivity index (χ0) is 17.0. The number of methoxy groups -OCH3 is 1. The maximum atomic E-state index is 9.88. The zero-order valence-corrected chi connectivity index (χ0v) is 14.3. The minimum Gasteiger partial charge on any atom is -0.493 e. The molecule has 2 saturated carbocycles. The van der Waals surface area contributed by atoms with E-state index in [0.717, 1.165) is 43.4 Å². The van der Waals surface area contributed by atoms with E-state index < -0.39 is 5.41 Å². The van der Waals surface area contributed by atoms with Crippen molar-refractivity contribution >= 4 is 0 Å². The van der Waals surface area contributed by atoms with E-state index in [9.17, 15) is 10.5 Å². The first-order valence-corrected chi connectivity index (χ1v) is 8.87. The highest BCUT2D eigenvalue weighted by atomic mass is 16.5. The molecule has 4 heteroatoms. The molecule has 1 aromatic carbocycles. The molecule has 0 heterocycles. The van der Waals surface area contributed by atoms with Crippen LogP contribution in [0.15, 0.2) is 18.2 Å². The van der Waals surface area contributed by atoms with E-state index in [1.54, 1.807) is 7.11 Å². The molecule has 0 aromatic heterocycles. The Labute approximate surface area is 144 Å². The topological polar surface area (TPSA) is 66.0 Å². The van der Waals surface area contributed by atoms with E-state index in [2.05, 4.69) is 12.1 Å². The molecule has 126 valence electrons. The molecule has 3 rings (SSSR count). The van der Waals surface area contributed by atoms with Crippen molar-refractivity contribution in [3.05, 3.63) is 23.8 Å². The van der Waals surface area contributed by atoms with Crippen molar-refractivity contribution in [3.63, 3.8) is 0 Å². The maximum absolute atomic E-state index is 9.88. The lowest BCUT2D eigenvalue weighted by molar-refractivity contribution is 0.200. The third kappa shape index (κ3) is 3.20. The van der Waals surface area contributed by atoms with Crippen LogP contribution in [0.1, 0.15) is 56.9 Å². The van der Waals surface area contributed by atoms with Crippen LogP contribution in [0.2, 0.25) is 0 Å². The van der Waals surface area contributed by atoms with Crippen molar-refractivity contribution in [2.75, 3.05) is 7.11 Å². The third-order valence-corrected chi connectivity index (χ3v) is 5.46. The van der Waals surface area contributed by atoms with Crippen molar-refractivity contribution in [1.82, 2.24) is 0 Å². The molecule has 0 amide bonds. The van der Waals surface area contributed by atoms with Crippen molar-refractivity contribution in [1.29, 1.82) is 10.5 Å². The summed E-state index contributed by atoms with van der Waals surface area (Å²) in [6.07, 6.45) is 8.02. The number of hydrogen-bond acceptors (Lipinski definition) is 4. The van der Waals surface area contributed by atoms with Gasteiger partial charge in [0.05, 0.1) is 30.8 Å². The predicted molar refractivity (Wildman–Crippen MR) is 90.7 cm³/mol. The second-order valence-electron chi connectivity index (χ2n) is 7.01. The quantitative estimate of drug-likeness (QED) is 0.818. The Morgan fingerprint density at radius 3 is 2.54 bits per heavy atom. The molecule has 4 nitrogen and oxygen atoms in total. The van der Waals surface area contributed by atoms with Gasteiger partial charge in [-0.3, -0.25) is 0 Å². The van der Waals surface area contributed by atoms with Gasteiger partial charge in [-0.15, -0.1) is 0 Å². The molecule has 0 saturated heterocycles. The van der Waals surface area contributed by atoms with E-state index in [1.807, 2.05) is 18.2 Å². The first kappa shape index (κ1) is 16.7. The fourth-order valence-corrected chi connectivity index (χ4v) is 4.07. The number of hydrogen-bond donors (Lipinski definition) is 0. The van der Waals surface area contributed by atoms with Crippen LogP contribution in [0.3, 0.4) is 0 Å². The van der Waals surface area contributed by atoms with Crippen molar-refractivity contribution in [2.45, 2.75) is 62.9 Å². The molecule has 1 aromatic rings. The van der Waals surface area contributed by atoms with Crippen molar-refractivity contribution < 1.29 is 9.47 Å². The van der Waals surface area contributed by atoms with Crippen LogP contribution in [-0.4, -0.2) is 13.2 Å². The Bertz CT molecular complexity index is 667. The van der Waals surface area contributed by atoms with Gasteiger partial charge in [0.15, 0.2) is 11.5 Å². The summed E-state index contributed by atoms with van der Waals surface area (Å²) in [5.74, 6) is 1.40. The molecule has 0 N–H and O–H groups in total. The molecule has 2 aliphatic rings. The summed E-state index contributed by atoms with van der Waals surface area (Å²) in [7, 11) is 1.64. The molecule has 0 radical (unpaired) electrons. The largest absolute Gasteiger partial charge is 0.493 e. The molecule has 2 unspecified atom stereocenters. The second-order valence-corrected chi connectivity index (χ2v) is 7.01. The Morgan fingerprint density at radius 2 is 1.88 bits per heavy atom. The number of ether oxygens (including phenoxy) is 2. The van der Waals surface area contributed by atoms with Crippen LogP contribution < -0.4 is 9.47 Å². The lowest BCUT2D eigenvalue weighted by Gasteiger charge is -2.34. The van der Waals surface area contributed by atoms with Crippen molar-refractivity contribution in [2.24, 2.45) is 5.92 Å². The summed E-state index contributed by atoms with van der Waals surface area (Å²) in [6, 6.07) is 10.7. The molecule has 2 fully saturated rings. The van der Waals surface area contributed by atoms with E-state index in [0.29, 0.717) is 12.2 Å². The van der Waals surface area contributed by atoms with Crippen LogP contribution in [0.4, 0.5) is 0 Å². The van der Waals surface area contributed by atoms with Gasteiger partial charge >= 0.3 is 0 Å². The SMILES string of the molecule is COc1ccc(C2(C#N)CCCC(C#N)C2)cc1OC1CCCC1. The van der Waals surface area contributed by atoms with Gasteiger partial charge in [-0.1, -0.05) is 12.5 Å². The molecule has 0 spiro atoms. The Balaban J connectivity index is 1.92. The Morgan fingerprint density at radius 1 is 1.08 bits per heavy atom. The number of nitrogens with zero attached hydrogens (tertiary/aromatic N) is 2. The van der Waals surface area contributed by atoms with Crippen molar-refractivity contribution in [3.8, 4) is 23.6 Å². The average Bonchev–Trinajstić information content (AvgIpc) is 3.14. The Hall–Kier alpha value is -2.20. The van der Waals surface area contributed by atoms with Gasteiger partial charge in [0.25, 0.3) is 0 Å². The van der Waals surface area contributed by atoms with E-state index in [-0.39, 0.29) is 12.0 Å².